The molecule has 2 rings (SSSR count). The molecule has 0 aliphatic heterocycles. The molecule has 0 aromatic heterocycles. The van der Waals surface area contributed by atoms with E-state index in [9.17, 15) is 9.59 Å². The number of para-hydroxylation sites is 2. The Labute approximate surface area is 135 Å². The number of ether oxygens (including phenoxy) is 2. The number of hydrogen-bond acceptors (Lipinski definition) is 4. The first-order chi connectivity index (χ1) is 11.1. The molecule has 0 heterocycles. The Bertz CT molecular complexity index is 611. The van der Waals surface area contributed by atoms with E-state index >= 15 is 0 Å². The minimum Gasteiger partial charge on any atom is -0.426 e. The van der Waals surface area contributed by atoms with Crippen LogP contribution in [-0.4, -0.2) is 11.9 Å². The number of benzene rings is 2. The molecule has 0 aliphatic rings. The lowest BCUT2D eigenvalue weighted by Gasteiger charge is -2.18. The number of carbonyl (C=O) groups excluding carboxylic acids is 2. The summed E-state index contributed by atoms with van der Waals surface area (Å²) in [6.07, 6.45) is 1.53. The molecule has 1 atom stereocenters. The van der Waals surface area contributed by atoms with Crippen LogP contribution in [0.5, 0.6) is 11.5 Å². The van der Waals surface area contributed by atoms with Crippen molar-refractivity contribution in [2.75, 3.05) is 0 Å². The summed E-state index contributed by atoms with van der Waals surface area (Å²) in [5.74, 6) is -2.05. The molecule has 0 fully saturated rings. The van der Waals surface area contributed by atoms with Crippen molar-refractivity contribution in [3.05, 3.63) is 73.3 Å². The van der Waals surface area contributed by atoms with Crippen molar-refractivity contribution in [3.8, 4) is 11.5 Å². The van der Waals surface area contributed by atoms with Gasteiger partial charge in [-0.15, -0.1) is 6.58 Å². The molecular weight excluding hydrogens is 292 g/mol. The zero-order valence-corrected chi connectivity index (χ0v) is 12.8. The minimum atomic E-state index is -1.08. The Morgan fingerprint density at radius 3 is 1.61 bits per heavy atom. The maximum Gasteiger partial charge on any atom is 0.326 e. The highest BCUT2D eigenvalue weighted by atomic mass is 16.6. The van der Waals surface area contributed by atoms with E-state index < -0.39 is 23.8 Å². The van der Waals surface area contributed by atoms with Crippen molar-refractivity contribution in [3.63, 3.8) is 0 Å². The fraction of sp³-hybridized carbons (Fsp3) is 0.158. The fourth-order valence-electron chi connectivity index (χ4n) is 2.00. The van der Waals surface area contributed by atoms with E-state index in [0.29, 0.717) is 11.5 Å². The largest absolute Gasteiger partial charge is 0.426 e. The molecule has 4 heteroatoms. The van der Waals surface area contributed by atoms with Gasteiger partial charge in [-0.05, 0) is 30.2 Å². The second kappa shape index (κ2) is 7.94. The molecule has 4 nitrogen and oxygen atoms in total. The van der Waals surface area contributed by atoms with Gasteiger partial charge in [0, 0.05) is 0 Å². The van der Waals surface area contributed by atoms with Crippen molar-refractivity contribution in [1.82, 2.24) is 0 Å². The van der Waals surface area contributed by atoms with E-state index in [0.717, 1.165) is 0 Å². The first kappa shape index (κ1) is 16.5. The van der Waals surface area contributed by atoms with Crippen LogP contribution >= 0.6 is 0 Å². The molecule has 0 saturated heterocycles. The van der Waals surface area contributed by atoms with Crippen molar-refractivity contribution in [2.24, 2.45) is 11.8 Å². The van der Waals surface area contributed by atoms with E-state index in [1.165, 1.54) is 6.08 Å². The Hall–Kier alpha value is -2.88. The van der Waals surface area contributed by atoms with Crippen LogP contribution in [-0.2, 0) is 9.59 Å². The Morgan fingerprint density at radius 2 is 1.26 bits per heavy atom. The molecule has 0 N–H and O–H groups in total. The Kier molecular flexibility index (Phi) is 5.69. The molecule has 0 radical (unpaired) electrons. The van der Waals surface area contributed by atoms with Gasteiger partial charge in [-0.25, -0.2) is 0 Å². The van der Waals surface area contributed by atoms with Crippen LogP contribution in [0.15, 0.2) is 73.3 Å². The first-order valence-corrected chi connectivity index (χ1v) is 7.28. The lowest BCUT2D eigenvalue weighted by Crippen LogP contribution is -2.35. The number of allylic oxidation sites excluding steroid dienone is 1. The predicted molar refractivity (Wildman–Crippen MR) is 87.0 cm³/mol. The van der Waals surface area contributed by atoms with Crippen LogP contribution in [0.2, 0.25) is 0 Å². The monoisotopic (exact) mass is 310 g/mol. The third-order valence-corrected chi connectivity index (χ3v) is 3.33. The zero-order valence-electron chi connectivity index (χ0n) is 12.8. The first-order valence-electron chi connectivity index (χ1n) is 7.28. The summed E-state index contributed by atoms with van der Waals surface area (Å²) in [5, 5.41) is 0. The lowest BCUT2D eigenvalue weighted by atomic mass is 9.94. The minimum absolute atomic E-state index is 0.381. The van der Waals surface area contributed by atoms with Crippen LogP contribution in [0.25, 0.3) is 0 Å². The molecule has 0 amide bonds. The van der Waals surface area contributed by atoms with Crippen molar-refractivity contribution in [2.45, 2.75) is 6.92 Å². The summed E-state index contributed by atoms with van der Waals surface area (Å²) in [6.45, 7) is 5.36. The highest BCUT2D eigenvalue weighted by Crippen LogP contribution is 2.21. The number of esters is 2. The number of carbonyl (C=O) groups is 2. The van der Waals surface area contributed by atoms with Crippen LogP contribution in [0, 0.1) is 11.8 Å². The number of rotatable bonds is 6. The summed E-state index contributed by atoms with van der Waals surface area (Å²) in [4.78, 5) is 24.7. The van der Waals surface area contributed by atoms with Gasteiger partial charge in [0.1, 0.15) is 11.5 Å². The molecule has 2 aromatic carbocycles. The lowest BCUT2D eigenvalue weighted by molar-refractivity contribution is -0.152. The molecule has 0 spiro atoms. The van der Waals surface area contributed by atoms with Gasteiger partial charge in [0.15, 0.2) is 5.92 Å². The highest BCUT2D eigenvalue weighted by molar-refractivity contribution is 5.97. The topological polar surface area (TPSA) is 52.6 Å². The number of hydrogen-bond donors (Lipinski definition) is 0. The van der Waals surface area contributed by atoms with E-state index in [4.69, 9.17) is 9.47 Å². The van der Waals surface area contributed by atoms with Crippen LogP contribution < -0.4 is 9.47 Å². The maximum atomic E-state index is 12.4. The smallest absolute Gasteiger partial charge is 0.326 e. The molecule has 0 bridgehead atoms. The highest BCUT2D eigenvalue weighted by Gasteiger charge is 2.34. The van der Waals surface area contributed by atoms with Gasteiger partial charge in [-0.1, -0.05) is 49.4 Å². The molecule has 23 heavy (non-hydrogen) atoms. The van der Waals surface area contributed by atoms with E-state index in [1.54, 1.807) is 55.5 Å². The van der Waals surface area contributed by atoms with Crippen LogP contribution in [0.4, 0.5) is 0 Å². The van der Waals surface area contributed by atoms with E-state index in [1.807, 2.05) is 12.1 Å². The van der Waals surface area contributed by atoms with Gasteiger partial charge < -0.3 is 9.47 Å². The average molecular weight is 310 g/mol. The van der Waals surface area contributed by atoms with Gasteiger partial charge in [0.05, 0.1) is 0 Å². The summed E-state index contributed by atoms with van der Waals surface area (Å²) in [7, 11) is 0. The maximum absolute atomic E-state index is 12.4. The van der Waals surface area contributed by atoms with Crippen molar-refractivity contribution < 1.29 is 19.1 Å². The second-order valence-corrected chi connectivity index (χ2v) is 5.04. The summed E-state index contributed by atoms with van der Waals surface area (Å²) in [6, 6.07) is 17.2. The van der Waals surface area contributed by atoms with Crippen molar-refractivity contribution >= 4 is 11.9 Å². The third kappa shape index (κ3) is 4.54. The summed E-state index contributed by atoms with van der Waals surface area (Å²) in [5.41, 5.74) is 0. The molecule has 118 valence electrons. The molecule has 1 unspecified atom stereocenters. The third-order valence-electron chi connectivity index (χ3n) is 3.33. The van der Waals surface area contributed by atoms with Crippen LogP contribution in [0.1, 0.15) is 6.92 Å². The Morgan fingerprint density at radius 1 is 0.870 bits per heavy atom. The zero-order chi connectivity index (χ0) is 16.7. The van der Waals surface area contributed by atoms with Gasteiger partial charge in [0.25, 0.3) is 0 Å². The SMILES string of the molecule is C=CC(C)C(C(=O)Oc1ccccc1)C(=O)Oc1ccccc1. The molecule has 0 saturated carbocycles. The van der Waals surface area contributed by atoms with Gasteiger partial charge >= 0.3 is 11.9 Å². The molecular formula is C19H18O4. The van der Waals surface area contributed by atoms with Gasteiger partial charge in [-0.3, -0.25) is 9.59 Å². The van der Waals surface area contributed by atoms with Crippen molar-refractivity contribution in [1.29, 1.82) is 0 Å². The van der Waals surface area contributed by atoms with E-state index in [-0.39, 0.29) is 0 Å². The Balaban J connectivity index is 2.14. The predicted octanol–water partition coefficient (Wildman–Crippen LogP) is 3.64. The average Bonchev–Trinajstić information content (AvgIpc) is 2.56. The quantitative estimate of drug-likeness (QED) is 0.354. The summed E-state index contributed by atoms with van der Waals surface area (Å²) >= 11 is 0. The van der Waals surface area contributed by atoms with E-state index in [2.05, 4.69) is 6.58 Å². The standard InChI is InChI=1S/C19H18O4/c1-3-14(2)17(18(20)22-15-10-6-4-7-11-15)19(21)23-16-12-8-5-9-13-16/h3-14,17H,1H2,2H3. The second-order valence-electron chi connectivity index (χ2n) is 5.04. The van der Waals surface area contributed by atoms with Gasteiger partial charge in [-0.2, -0.15) is 0 Å². The van der Waals surface area contributed by atoms with Crippen LogP contribution in [0.3, 0.4) is 0 Å². The molecule has 0 aliphatic carbocycles. The molecule has 2 aromatic rings. The normalized spacial score (nSPS) is 11.6. The van der Waals surface area contributed by atoms with Gasteiger partial charge in [0.2, 0.25) is 0 Å². The summed E-state index contributed by atoms with van der Waals surface area (Å²) < 4.78 is 10.5. The fourth-order valence-corrected chi connectivity index (χ4v) is 2.00.